The lowest BCUT2D eigenvalue weighted by Gasteiger charge is -2.16. The van der Waals surface area contributed by atoms with Gasteiger partial charge in [-0.3, -0.25) is 4.79 Å². The quantitative estimate of drug-likeness (QED) is 0.551. The van der Waals surface area contributed by atoms with Gasteiger partial charge in [0.1, 0.15) is 21.4 Å². The molecule has 30 heavy (non-hydrogen) atoms. The van der Waals surface area contributed by atoms with Crippen LogP contribution >= 0.6 is 11.3 Å². The van der Waals surface area contributed by atoms with Gasteiger partial charge >= 0.3 is 0 Å². The molecule has 0 saturated carbocycles. The summed E-state index contributed by atoms with van der Waals surface area (Å²) in [5, 5.41) is 0.866. The lowest BCUT2D eigenvalue weighted by molar-refractivity contribution is 0.0794. The summed E-state index contributed by atoms with van der Waals surface area (Å²) < 4.78 is 10.7. The fraction of sp³-hybridized carbons (Fsp3) is 0.333. The number of nitrogens with zero attached hydrogens (tertiary/aromatic N) is 2. The van der Waals surface area contributed by atoms with Crippen LogP contribution in [0.2, 0.25) is 0 Å². The third kappa shape index (κ3) is 4.19. The van der Waals surface area contributed by atoms with Crippen molar-refractivity contribution in [3.63, 3.8) is 0 Å². The molecule has 1 fully saturated rings. The first-order chi connectivity index (χ1) is 14.6. The zero-order valence-corrected chi connectivity index (χ0v) is 18.4. The Morgan fingerprint density at radius 2 is 1.83 bits per heavy atom. The normalized spacial score (nSPS) is 16.0. The molecule has 0 aliphatic carbocycles. The largest absolute Gasteiger partial charge is 0.497 e. The molecule has 0 N–H and O–H groups in total. The monoisotopic (exact) mass is 422 g/mol. The summed E-state index contributed by atoms with van der Waals surface area (Å²) >= 11 is 1.47. The van der Waals surface area contributed by atoms with Gasteiger partial charge in [0.05, 0.1) is 19.4 Å². The number of likely N-dealkylation sites (tertiary alicyclic amines) is 1. The molecule has 2 aromatic carbocycles. The minimum atomic E-state index is 0.0817. The Labute approximate surface area is 181 Å². The zero-order valence-electron chi connectivity index (χ0n) is 17.6. The van der Waals surface area contributed by atoms with Crippen molar-refractivity contribution in [1.82, 2.24) is 9.88 Å². The minimum Gasteiger partial charge on any atom is -0.497 e. The fourth-order valence-corrected chi connectivity index (χ4v) is 4.85. The number of methoxy groups -OCH3 is 1. The zero-order chi connectivity index (χ0) is 21.1. The summed E-state index contributed by atoms with van der Waals surface area (Å²) in [6.45, 7) is 6.03. The van der Waals surface area contributed by atoms with Gasteiger partial charge in [0.15, 0.2) is 0 Å². The highest BCUT2D eigenvalue weighted by atomic mass is 32.1. The van der Waals surface area contributed by atoms with Crippen molar-refractivity contribution in [3.8, 4) is 22.1 Å². The Kier molecular flexibility index (Phi) is 6.04. The summed E-state index contributed by atoms with van der Waals surface area (Å²) in [4.78, 5) is 20.5. The molecule has 1 aliphatic heterocycles. The van der Waals surface area contributed by atoms with E-state index in [2.05, 4.69) is 17.1 Å². The van der Waals surface area contributed by atoms with Crippen LogP contribution in [0.15, 0.2) is 48.5 Å². The lowest BCUT2D eigenvalue weighted by atomic mass is 9.98. The first-order valence-electron chi connectivity index (χ1n) is 10.2. The molecular formula is C24H26N2O3S. The lowest BCUT2D eigenvalue weighted by Crippen LogP contribution is -2.28. The number of amides is 1. The SMILES string of the molecule is CCOc1ccc(-c2nc(C)c(C(=O)N3CCC(c4ccc(OC)cc4)C3)s2)cc1. The first-order valence-corrected chi connectivity index (χ1v) is 11.0. The van der Waals surface area contributed by atoms with Crippen molar-refractivity contribution >= 4 is 17.2 Å². The van der Waals surface area contributed by atoms with Crippen molar-refractivity contribution in [2.24, 2.45) is 0 Å². The molecule has 0 radical (unpaired) electrons. The molecule has 156 valence electrons. The van der Waals surface area contributed by atoms with Crippen LogP contribution in [0.5, 0.6) is 11.5 Å². The van der Waals surface area contributed by atoms with Gasteiger partial charge < -0.3 is 14.4 Å². The highest BCUT2D eigenvalue weighted by Gasteiger charge is 2.30. The van der Waals surface area contributed by atoms with E-state index in [0.29, 0.717) is 12.5 Å². The molecule has 0 bridgehead atoms. The summed E-state index contributed by atoms with van der Waals surface area (Å²) in [6.07, 6.45) is 0.974. The van der Waals surface area contributed by atoms with E-state index in [1.165, 1.54) is 16.9 Å². The molecule has 1 unspecified atom stereocenters. The third-order valence-corrected chi connectivity index (χ3v) is 6.66. The summed E-state index contributed by atoms with van der Waals surface area (Å²) in [5.74, 6) is 2.14. The van der Waals surface area contributed by atoms with E-state index in [0.717, 1.165) is 52.2 Å². The van der Waals surface area contributed by atoms with Crippen LogP contribution in [-0.2, 0) is 0 Å². The molecule has 1 amide bonds. The first kappa shape index (κ1) is 20.4. The number of aryl methyl sites for hydroxylation is 1. The Morgan fingerprint density at radius 1 is 1.13 bits per heavy atom. The molecule has 0 spiro atoms. The van der Waals surface area contributed by atoms with E-state index in [4.69, 9.17) is 9.47 Å². The van der Waals surface area contributed by atoms with Gasteiger partial charge in [-0.05, 0) is 62.2 Å². The number of benzene rings is 2. The molecule has 6 heteroatoms. The molecular weight excluding hydrogens is 396 g/mol. The van der Waals surface area contributed by atoms with E-state index in [9.17, 15) is 4.79 Å². The van der Waals surface area contributed by atoms with Crippen molar-refractivity contribution in [3.05, 3.63) is 64.7 Å². The average molecular weight is 423 g/mol. The summed E-state index contributed by atoms with van der Waals surface area (Å²) in [6, 6.07) is 16.0. The molecule has 1 saturated heterocycles. The molecule has 4 rings (SSSR count). The van der Waals surface area contributed by atoms with Crippen molar-refractivity contribution in [1.29, 1.82) is 0 Å². The number of carbonyl (C=O) groups excluding carboxylic acids is 1. The van der Waals surface area contributed by atoms with Crippen molar-refractivity contribution in [2.45, 2.75) is 26.2 Å². The van der Waals surface area contributed by atoms with Gasteiger partial charge in [0, 0.05) is 24.6 Å². The molecule has 1 aliphatic rings. The minimum absolute atomic E-state index is 0.0817. The van der Waals surface area contributed by atoms with Gasteiger partial charge in [0.25, 0.3) is 5.91 Å². The van der Waals surface area contributed by atoms with Gasteiger partial charge in [-0.25, -0.2) is 4.98 Å². The second-order valence-corrected chi connectivity index (χ2v) is 8.40. The van der Waals surface area contributed by atoms with E-state index < -0.39 is 0 Å². The van der Waals surface area contributed by atoms with E-state index in [1.54, 1.807) is 7.11 Å². The smallest absolute Gasteiger partial charge is 0.265 e. The Balaban J connectivity index is 1.47. The average Bonchev–Trinajstić information content (AvgIpc) is 3.41. The van der Waals surface area contributed by atoms with Crippen LogP contribution in [-0.4, -0.2) is 42.6 Å². The number of hydrogen-bond acceptors (Lipinski definition) is 5. The Bertz CT molecular complexity index is 1010. The van der Waals surface area contributed by atoms with Crippen LogP contribution in [0, 0.1) is 6.92 Å². The van der Waals surface area contributed by atoms with E-state index in [1.807, 2.05) is 55.1 Å². The maximum Gasteiger partial charge on any atom is 0.265 e. The third-order valence-electron chi connectivity index (χ3n) is 5.47. The van der Waals surface area contributed by atoms with Gasteiger partial charge in [-0.15, -0.1) is 11.3 Å². The highest BCUT2D eigenvalue weighted by Crippen LogP contribution is 2.33. The second-order valence-electron chi connectivity index (χ2n) is 7.40. The predicted molar refractivity (Wildman–Crippen MR) is 120 cm³/mol. The van der Waals surface area contributed by atoms with Crippen LogP contribution < -0.4 is 9.47 Å². The van der Waals surface area contributed by atoms with Gasteiger partial charge in [-0.1, -0.05) is 12.1 Å². The van der Waals surface area contributed by atoms with Gasteiger partial charge in [-0.2, -0.15) is 0 Å². The summed E-state index contributed by atoms with van der Waals surface area (Å²) in [7, 11) is 1.67. The Morgan fingerprint density at radius 3 is 2.50 bits per heavy atom. The van der Waals surface area contributed by atoms with Crippen molar-refractivity contribution in [2.75, 3.05) is 26.8 Å². The van der Waals surface area contributed by atoms with Crippen LogP contribution in [0.4, 0.5) is 0 Å². The number of hydrogen-bond donors (Lipinski definition) is 0. The molecule has 2 heterocycles. The number of rotatable bonds is 6. The maximum atomic E-state index is 13.2. The van der Waals surface area contributed by atoms with Crippen molar-refractivity contribution < 1.29 is 14.3 Å². The van der Waals surface area contributed by atoms with Crippen LogP contribution in [0.1, 0.15) is 40.2 Å². The second kappa shape index (κ2) is 8.88. The number of aromatic nitrogens is 1. The maximum absolute atomic E-state index is 13.2. The number of ether oxygens (including phenoxy) is 2. The predicted octanol–water partition coefficient (Wildman–Crippen LogP) is 5.16. The molecule has 1 aromatic heterocycles. The molecule has 1 atom stereocenters. The van der Waals surface area contributed by atoms with Crippen LogP contribution in [0.25, 0.3) is 10.6 Å². The Hall–Kier alpha value is -2.86. The fourth-order valence-electron chi connectivity index (χ4n) is 3.82. The van der Waals surface area contributed by atoms with Crippen LogP contribution in [0.3, 0.4) is 0 Å². The van der Waals surface area contributed by atoms with Gasteiger partial charge in [0.2, 0.25) is 0 Å². The molecule has 3 aromatic rings. The van der Waals surface area contributed by atoms with E-state index >= 15 is 0 Å². The number of thiazole rings is 1. The summed E-state index contributed by atoms with van der Waals surface area (Å²) in [5.41, 5.74) is 3.05. The highest BCUT2D eigenvalue weighted by molar-refractivity contribution is 7.17. The topological polar surface area (TPSA) is 51.7 Å². The molecule has 5 nitrogen and oxygen atoms in total. The number of carbonyl (C=O) groups is 1. The standard InChI is InChI=1S/C24H26N2O3S/c1-4-29-21-11-7-18(8-12-21)23-25-16(2)22(30-23)24(27)26-14-13-19(15-26)17-5-9-20(28-3)10-6-17/h5-12,19H,4,13-15H2,1-3H3. The van der Waals surface area contributed by atoms with E-state index in [-0.39, 0.29) is 5.91 Å².